The third-order valence-electron chi connectivity index (χ3n) is 4.97. The Hall–Kier alpha value is -3.11. The van der Waals surface area contributed by atoms with Crippen LogP contribution in [0.2, 0.25) is 0 Å². The van der Waals surface area contributed by atoms with Gasteiger partial charge in [-0.25, -0.2) is 0 Å². The van der Waals surface area contributed by atoms with E-state index in [1.54, 1.807) is 0 Å². The molecule has 0 aliphatic carbocycles. The van der Waals surface area contributed by atoms with E-state index in [1.165, 1.54) is 5.56 Å². The molecule has 1 heterocycles. The zero-order chi connectivity index (χ0) is 19.2. The van der Waals surface area contributed by atoms with Crippen molar-refractivity contribution in [1.82, 2.24) is 4.90 Å². The summed E-state index contributed by atoms with van der Waals surface area (Å²) >= 11 is 0. The largest absolute Gasteiger partial charge is 0.381 e. The number of nitrogens with one attached hydrogen (secondary N) is 1. The van der Waals surface area contributed by atoms with E-state index in [4.69, 9.17) is 4.74 Å². The number of morpholine rings is 1. The summed E-state index contributed by atoms with van der Waals surface area (Å²) in [5.41, 5.74) is 3.96. The topological polar surface area (TPSA) is 41.6 Å². The van der Waals surface area contributed by atoms with Crippen molar-refractivity contribution in [3.63, 3.8) is 0 Å². The number of amides is 1. The molecule has 0 saturated carbocycles. The number of hydrogen-bond acceptors (Lipinski definition) is 3. The fourth-order valence-corrected chi connectivity index (χ4v) is 3.45. The molecule has 0 aromatic heterocycles. The zero-order valence-corrected chi connectivity index (χ0v) is 15.8. The van der Waals surface area contributed by atoms with Crippen LogP contribution in [0.25, 0.3) is 0 Å². The first kappa shape index (κ1) is 18.3. The molecule has 4 heteroatoms. The lowest BCUT2D eigenvalue weighted by molar-refractivity contribution is -0.0228. The minimum Gasteiger partial charge on any atom is -0.381 e. The maximum absolute atomic E-state index is 13.0. The lowest BCUT2D eigenvalue weighted by Crippen LogP contribution is -2.42. The van der Waals surface area contributed by atoms with E-state index >= 15 is 0 Å². The highest BCUT2D eigenvalue weighted by molar-refractivity contribution is 5.95. The van der Waals surface area contributed by atoms with Gasteiger partial charge in [-0.05, 0) is 29.3 Å². The molecule has 1 saturated heterocycles. The average molecular weight is 372 g/mol. The molecule has 142 valence electrons. The number of ether oxygens (including phenoxy) is 1. The Morgan fingerprint density at radius 3 is 2.50 bits per heavy atom. The van der Waals surface area contributed by atoms with E-state index in [1.807, 2.05) is 77.7 Å². The zero-order valence-electron chi connectivity index (χ0n) is 15.8. The first-order valence-corrected chi connectivity index (χ1v) is 9.63. The van der Waals surface area contributed by atoms with Crippen LogP contribution in [0, 0.1) is 0 Å². The normalized spacial score (nSPS) is 16.6. The maximum Gasteiger partial charge on any atom is 0.254 e. The number of anilines is 1. The molecule has 3 aromatic rings. The highest BCUT2D eigenvalue weighted by atomic mass is 16.5. The minimum atomic E-state index is -0.0710. The van der Waals surface area contributed by atoms with Crippen LogP contribution in [-0.2, 0) is 11.3 Å². The molecular formula is C24H24N2O2. The van der Waals surface area contributed by atoms with E-state index in [2.05, 4.69) is 17.4 Å². The smallest absolute Gasteiger partial charge is 0.254 e. The monoisotopic (exact) mass is 372 g/mol. The number of rotatable bonds is 5. The van der Waals surface area contributed by atoms with Gasteiger partial charge in [0.2, 0.25) is 0 Å². The summed E-state index contributed by atoms with van der Waals surface area (Å²) < 4.78 is 5.89. The van der Waals surface area contributed by atoms with Crippen LogP contribution in [0.5, 0.6) is 0 Å². The Kier molecular flexibility index (Phi) is 5.69. The summed E-state index contributed by atoms with van der Waals surface area (Å²) in [6.45, 7) is 2.47. The third-order valence-corrected chi connectivity index (χ3v) is 4.97. The molecular weight excluding hydrogens is 348 g/mol. The quantitative estimate of drug-likeness (QED) is 0.716. The first-order chi connectivity index (χ1) is 13.8. The van der Waals surface area contributed by atoms with E-state index in [0.29, 0.717) is 25.3 Å². The standard InChI is InChI=1S/C24H24N2O2/c27-24(26-14-15-28-23(18-26)20-10-5-2-6-11-20)21-12-7-13-22(16-21)25-17-19-8-3-1-4-9-19/h1-13,16,23,25H,14-15,17-18H2. The first-order valence-electron chi connectivity index (χ1n) is 9.63. The van der Waals surface area contributed by atoms with E-state index in [9.17, 15) is 4.79 Å². The predicted octanol–water partition coefficient (Wildman–Crippen LogP) is 4.51. The van der Waals surface area contributed by atoms with Crippen LogP contribution in [0.3, 0.4) is 0 Å². The highest BCUT2D eigenvalue weighted by Crippen LogP contribution is 2.23. The minimum absolute atomic E-state index is 0.0487. The number of carbonyl (C=O) groups is 1. The van der Waals surface area contributed by atoms with Gasteiger partial charge in [-0.1, -0.05) is 66.7 Å². The molecule has 3 aromatic carbocycles. The molecule has 4 nitrogen and oxygen atoms in total. The van der Waals surface area contributed by atoms with E-state index in [0.717, 1.165) is 17.8 Å². The van der Waals surface area contributed by atoms with E-state index < -0.39 is 0 Å². The summed E-state index contributed by atoms with van der Waals surface area (Å²) in [4.78, 5) is 14.9. The molecule has 4 rings (SSSR count). The van der Waals surface area contributed by atoms with Crippen molar-refractivity contribution < 1.29 is 9.53 Å². The van der Waals surface area contributed by atoms with Crippen LogP contribution in [-0.4, -0.2) is 30.5 Å². The molecule has 1 atom stereocenters. The van der Waals surface area contributed by atoms with Gasteiger partial charge in [0.15, 0.2) is 0 Å². The average Bonchev–Trinajstić information content (AvgIpc) is 2.79. The van der Waals surface area contributed by atoms with Crippen LogP contribution in [0.15, 0.2) is 84.9 Å². The fourth-order valence-electron chi connectivity index (χ4n) is 3.45. The Labute approximate surface area is 165 Å². The Morgan fingerprint density at radius 1 is 0.964 bits per heavy atom. The van der Waals surface area contributed by atoms with E-state index in [-0.39, 0.29) is 12.0 Å². The van der Waals surface area contributed by atoms with Crippen molar-refractivity contribution in [2.45, 2.75) is 12.6 Å². The highest BCUT2D eigenvalue weighted by Gasteiger charge is 2.26. The van der Waals surface area contributed by atoms with Crippen molar-refractivity contribution in [2.24, 2.45) is 0 Å². The van der Waals surface area contributed by atoms with Crippen LogP contribution < -0.4 is 5.32 Å². The molecule has 0 radical (unpaired) electrons. The molecule has 1 unspecified atom stereocenters. The van der Waals surface area contributed by atoms with Gasteiger partial charge in [-0.2, -0.15) is 0 Å². The van der Waals surface area contributed by atoms with Crippen LogP contribution in [0.1, 0.15) is 27.6 Å². The van der Waals surface area contributed by atoms with Gasteiger partial charge in [-0.15, -0.1) is 0 Å². The van der Waals surface area contributed by atoms with Gasteiger partial charge in [0, 0.05) is 24.3 Å². The second-order valence-corrected chi connectivity index (χ2v) is 6.94. The number of benzene rings is 3. The lowest BCUT2D eigenvalue weighted by atomic mass is 10.1. The fraction of sp³-hybridized carbons (Fsp3) is 0.208. The molecule has 1 aliphatic heterocycles. The van der Waals surface area contributed by atoms with Gasteiger partial charge in [0.05, 0.1) is 13.2 Å². The lowest BCUT2D eigenvalue weighted by Gasteiger charge is -2.33. The van der Waals surface area contributed by atoms with Gasteiger partial charge < -0.3 is 15.0 Å². The summed E-state index contributed by atoms with van der Waals surface area (Å²) in [6, 6.07) is 28.0. The second kappa shape index (κ2) is 8.72. The molecule has 1 amide bonds. The molecule has 1 aliphatic rings. The molecule has 28 heavy (non-hydrogen) atoms. The Morgan fingerprint density at radius 2 is 1.71 bits per heavy atom. The van der Waals surface area contributed by atoms with Crippen molar-refractivity contribution >= 4 is 11.6 Å². The summed E-state index contributed by atoms with van der Waals surface area (Å²) in [5.74, 6) is 0.0487. The Bertz CT molecular complexity index is 912. The number of nitrogens with zero attached hydrogens (tertiary/aromatic N) is 1. The SMILES string of the molecule is O=C(c1cccc(NCc2ccccc2)c1)N1CCOC(c2ccccc2)C1. The predicted molar refractivity (Wildman–Crippen MR) is 111 cm³/mol. The molecule has 0 spiro atoms. The van der Waals surface area contributed by atoms with Crippen molar-refractivity contribution in [3.8, 4) is 0 Å². The maximum atomic E-state index is 13.0. The molecule has 0 bridgehead atoms. The van der Waals surface area contributed by atoms with Gasteiger partial charge in [0.25, 0.3) is 5.91 Å². The Balaban J connectivity index is 1.42. The van der Waals surface area contributed by atoms with Crippen LogP contribution in [0.4, 0.5) is 5.69 Å². The molecule has 1 N–H and O–H groups in total. The summed E-state index contributed by atoms with van der Waals surface area (Å²) in [7, 11) is 0. The van der Waals surface area contributed by atoms with Crippen LogP contribution >= 0.6 is 0 Å². The summed E-state index contributed by atoms with van der Waals surface area (Å²) in [6.07, 6.45) is -0.0710. The van der Waals surface area contributed by atoms with Gasteiger partial charge in [-0.3, -0.25) is 4.79 Å². The van der Waals surface area contributed by atoms with Gasteiger partial charge in [0.1, 0.15) is 6.10 Å². The number of hydrogen-bond donors (Lipinski definition) is 1. The number of carbonyl (C=O) groups excluding carboxylic acids is 1. The van der Waals surface area contributed by atoms with Crippen molar-refractivity contribution in [3.05, 3.63) is 102 Å². The second-order valence-electron chi connectivity index (χ2n) is 6.94. The van der Waals surface area contributed by atoms with Gasteiger partial charge >= 0.3 is 0 Å². The van der Waals surface area contributed by atoms with Crippen molar-refractivity contribution in [1.29, 1.82) is 0 Å². The molecule has 1 fully saturated rings. The summed E-state index contributed by atoms with van der Waals surface area (Å²) in [5, 5.41) is 3.40. The third kappa shape index (κ3) is 4.41. The van der Waals surface area contributed by atoms with Crippen molar-refractivity contribution in [2.75, 3.05) is 25.0 Å².